The number of benzene rings is 1. The lowest BCUT2D eigenvalue weighted by molar-refractivity contribution is 0.0812. The number of imidazole rings is 1. The Morgan fingerprint density at radius 1 is 1.23 bits per heavy atom. The molecule has 2 heterocycles. The molecule has 2 aromatic rings. The van der Waals surface area contributed by atoms with Crippen LogP contribution in [-0.4, -0.2) is 39.5 Å². The summed E-state index contributed by atoms with van der Waals surface area (Å²) in [6.07, 6.45) is 7.03. The van der Waals surface area contributed by atoms with Gasteiger partial charge in [-0.3, -0.25) is 4.90 Å². The van der Waals surface area contributed by atoms with Gasteiger partial charge in [-0.15, -0.1) is 0 Å². The van der Waals surface area contributed by atoms with Crippen LogP contribution in [0.2, 0.25) is 0 Å². The van der Waals surface area contributed by atoms with Crippen LogP contribution in [-0.2, 0) is 13.1 Å². The summed E-state index contributed by atoms with van der Waals surface area (Å²) in [5.41, 5.74) is 8.90. The highest BCUT2D eigenvalue weighted by atomic mass is 15.3. The third-order valence-electron chi connectivity index (χ3n) is 4.47. The first-order chi connectivity index (χ1) is 10.7. The molecule has 1 fully saturated rings. The highest BCUT2D eigenvalue weighted by Crippen LogP contribution is 2.29. The van der Waals surface area contributed by atoms with E-state index >= 15 is 0 Å². The van der Waals surface area contributed by atoms with Crippen molar-refractivity contribution in [2.24, 2.45) is 0 Å². The second-order valence-electron chi connectivity index (χ2n) is 5.83. The molecule has 4 rings (SSSR count). The molecule has 0 amide bonds. The highest BCUT2D eigenvalue weighted by Gasteiger charge is 2.28. The van der Waals surface area contributed by atoms with Crippen molar-refractivity contribution >= 4 is 29.1 Å². The number of rotatable bonds is 2. The lowest BCUT2D eigenvalue weighted by Gasteiger charge is -2.40. The molecule has 1 saturated carbocycles. The van der Waals surface area contributed by atoms with Crippen LogP contribution in [0.3, 0.4) is 0 Å². The van der Waals surface area contributed by atoms with Crippen molar-refractivity contribution in [1.82, 2.24) is 14.5 Å². The Morgan fingerprint density at radius 3 is 2.64 bits per heavy atom. The van der Waals surface area contributed by atoms with E-state index in [1.807, 2.05) is 12.1 Å². The molecule has 1 aromatic heterocycles. The fourth-order valence-corrected chi connectivity index (χ4v) is 3.09. The van der Waals surface area contributed by atoms with Crippen LogP contribution in [0.4, 0.5) is 5.69 Å². The summed E-state index contributed by atoms with van der Waals surface area (Å²) < 4.78 is 2.36. The van der Waals surface area contributed by atoms with Crippen molar-refractivity contribution in [3.05, 3.63) is 24.0 Å². The summed E-state index contributed by atoms with van der Waals surface area (Å²) in [5.74, 6) is 1.21. The highest BCUT2D eigenvalue weighted by molar-refractivity contribution is 6.12. The summed E-state index contributed by atoms with van der Waals surface area (Å²) in [6.45, 7) is 2.16. The van der Waals surface area contributed by atoms with Gasteiger partial charge in [-0.25, -0.2) is 4.98 Å². The molecule has 6 nitrogen and oxygen atoms in total. The summed E-state index contributed by atoms with van der Waals surface area (Å²) >= 11 is 0. The Kier molecular flexibility index (Phi) is 4.20. The van der Waals surface area contributed by atoms with E-state index in [4.69, 9.17) is 21.5 Å². The maximum atomic E-state index is 6.08. The fraction of sp³-hybridized carbons (Fsp3) is 0.438. The van der Waals surface area contributed by atoms with Gasteiger partial charge in [-0.2, -0.15) is 0 Å². The Bertz CT molecular complexity index is 679. The first-order valence-corrected chi connectivity index (χ1v) is 7.71. The number of hydrogen-bond acceptors (Lipinski definition) is 5. The molecule has 0 spiro atoms. The second kappa shape index (κ2) is 6.27. The number of hydrogen-bond donors (Lipinski definition) is 3. The third-order valence-corrected chi connectivity index (χ3v) is 4.47. The first-order valence-electron chi connectivity index (χ1n) is 7.71. The number of nitrogens with zero attached hydrogens (tertiary/aromatic N) is 3. The van der Waals surface area contributed by atoms with Crippen LogP contribution in [0.15, 0.2) is 18.2 Å². The van der Waals surface area contributed by atoms with E-state index in [-0.39, 0.29) is 0 Å². The number of nitrogen functional groups attached to an aromatic ring is 1. The van der Waals surface area contributed by atoms with E-state index < -0.39 is 0 Å². The van der Waals surface area contributed by atoms with Gasteiger partial charge in [0.15, 0.2) is 0 Å². The molecule has 2 aliphatic rings. The normalized spacial score (nSPS) is 18.0. The van der Waals surface area contributed by atoms with Crippen LogP contribution in [0.1, 0.15) is 25.1 Å². The predicted octanol–water partition coefficient (Wildman–Crippen LogP) is 2.27. The molecule has 116 valence electrons. The van der Waals surface area contributed by atoms with Crippen molar-refractivity contribution in [3.63, 3.8) is 0 Å². The molecule has 1 aliphatic carbocycles. The number of anilines is 1. The maximum Gasteiger partial charge on any atom is 0.112 e. The van der Waals surface area contributed by atoms with Crippen LogP contribution in [0, 0.1) is 10.8 Å². The van der Waals surface area contributed by atoms with Crippen LogP contribution >= 0.6 is 0 Å². The van der Waals surface area contributed by atoms with Gasteiger partial charge in [0.1, 0.15) is 5.82 Å². The Morgan fingerprint density at radius 2 is 2.00 bits per heavy atom. The smallest absolute Gasteiger partial charge is 0.112 e. The molecule has 1 aliphatic heterocycles. The molecule has 0 bridgehead atoms. The fourth-order valence-electron chi connectivity index (χ4n) is 3.09. The van der Waals surface area contributed by atoms with Crippen molar-refractivity contribution in [3.8, 4) is 0 Å². The Hall–Kier alpha value is -2.21. The second-order valence-corrected chi connectivity index (χ2v) is 5.83. The van der Waals surface area contributed by atoms with E-state index in [2.05, 4.69) is 15.5 Å². The minimum Gasteiger partial charge on any atom is -0.399 e. The van der Waals surface area contributed by atoms with Crippen molar-refractivity contribution < 1.29 is 0 Å². The number of nitrogens with two attached hydrogens (primary N) is 1. The van der Waals surface area contributed by atoms with Crippen LogP contribution < -0.4 is 5.73 Å². The molecule has 0 unspecified atom stereocenters. The third kappa shape index (κ3) is 2.74. The number of nitrogens with one attached hydrogen (secondary N) is 2. The van der Waals surface area contributed by atoms with Gasteiger partial charge < -0.3 is 21.1 Å². The lowest BCUT2D eigenvalue weighted by atomic mass is 9.91. The van der Waals surface area contributed by atoms with Crippen LogP contribution in [0.25, 0.3) is 11.0 Å². The summed E-state index contributed by atoms with van der Waals surface area (Å²) in [6, 6.07) is 6.86. The standard InChI is InChI=1S/C14H18N4.C2H4N2/c15-10-4-5-13-12(8-10)16-14-6-7-17(9-18(13)14)11-2-1-3-11;3-1-2-4/h4-5,8,11H,1-3,6-7,9,15H2;1-4H. The Labute approximate surface area is 130 Å². The van der Waals surface area contributed by atoms with Gasteiger partial charge in [0, 0.05) is 37.1 Å². The summed E-state index contributed by atoms with van der Waals surface area (Å²) in [4.78, 5) is 7.31. The van der Waals surface area contributed by atoms with Crippen LogP contribution in [0.5, 0.6) is 0 Å². The van der Waals surface area contributed by atoms with E-state index in [1.165, 1.54) is 30.6 Å². The predicted molar refractivity (Wildman–Crippen MR) is 89.8 cm³/mol. The van der Waals surface area contributed by atoms with E-state index in [1.54, 1.807) is 0 Å². The summed E-state index contributed by atoms with van der Waals surface area (Å²) in [5, 5.41) is 12.2. The molecule has 22 heavy (non-hydrogen) atoms. The van der Waals surface area contributed by atoms with Gasteiger partial charge in [-0.1, -0.05) is 6.42 Å². The zero-order valence-electron chi connectivity index (χ0n) is 12.6. The molecule has 0 atom stereocenters. The quantitative estimate of drug-likeness (QED) is 0.586. The summed E-state index contributed by atoms with van der Waals surface area (Å²) in [7, 11) is 0. The number of aromatic nitrogens is 2. The average molecular weight is 298 g/mol. The van der Waals surface area contributed by atoms with Gasteiger partial charge in [0.2, 0.25) is 0 Å². The molecule has 0 radical (unpaired) electrons. The lowest BCUT2D eigenvalue weighted by Crippen LogP contribution is -2.45. The van der Waals surface area contributed by atoms with E-state index in [0.717, 1.165) is 49.3 Å². The van der Waals surface area contributed by atoms with Crippen molar-refractivity contribution in [1.29, 1.82) is 10.8 Å². The van der Waals surface area contributed by atoms with Gasteiger partial charge in [0.25, 0.3) is 0 Å². The van der Waals surface area contributed by atoms with Gasteiger partial charge >= 0.3 is 0 Å². The van der Waals surface area contributed by atoms with Crippen molar-refractivity contribution in [2.45, 2.75) is 38.4 Å². The monoisotopic (exact) mass is 298 g/mol. The van der Waals surface area contributed by atoms with Gasteiger partial charge in [0.05, 0.1) is 17.7 Å². The molecular weight excluding hydrogens is 276 g/mol. The zero-order chi connectivity index (χ0) is 15.5. The zero-order valence-corrected chi connectivity index (χ0v) is 12.6. The molecule has 6 heteroatoms. The Balaban J connectivity index is 0.000000325. The molecular formula is C16H22N6. The minimum atomic E-state index is 0.800. The molecule has 0 saturated heterocycles. The molecule has 4 N–H and O–H groups in total. The maximum absolute atomic E-state index is 6.08. The molecule has 1 aromatic carbocycles. The largest absolute Gasteiger partial charge is 0.399 e. The SMILES string of the molecule is N=CC=N.Nc1ccc2c(c1)nc1n2CN(C2CCC2)CC1. The van der Waals surface area contributed by atoms with Crippen molar-refractivity contribution in [2.75, 3.05) is 12.3 Å². The van der Waals surface area contributed by atoms with E-state index in [0.29, 0.717) is 0 Å². The van der Waals surface area contributed by atoms with E-state index in [9.17, 15) is 0 Å². The van der Waals surface area contributed by atoms with Gasteiger partial charge in [-0.05, 0) is 31.0 Å². The number of fused-ring (bicyclic) bond motifs is 3. The average Bonchev–Trinajstić information content (AvgIpc) is 2.82. The topological polar surface area (TPSA) is 94.8 Å². The minimum absolute atomic E-state index is 0.800. The first kappa shape index (κ1) is 14.7.